The van der Waals surface area contributed by atoms with Crippen LogP contribution >= 0.6 is 0 Å². The second kappa shape index (κ2) is 3.76. The number of nitrogen functional groups attached to an aromatic ring is 1. The van der Waals surface area contributed by atoms with Crippen LogP contribution in [0.1, 0.15) is 31.1 Å². The van der Waals surface area contributed by atoms with Crippen molar-refractivity contribution in [2.75, 3.05) is 5.73 Å². The molecular weight excluding hydrogens is 220 g/mol. The number of carbonyl (C=O) groups is 1. The van der Waals surface area contributed by atoms with Crippen molar-refractivity contribution in [3.05, 3.63) is 23.8 Å². The highest BCUT2D eigenvalue weighted by molar-refractivity contribution is 5.93. The number of aromatic nitrogens is 1. The van der Waals surface area contributed by atoms with E-state index in [0.29, 0.717) is 16.7 Å². The molecule has 0 aliphatic rings. The largest absolute Gasteiger partial charge is 0.456 e. The van der Waals surface area contributed by atoms with Crippen molar-refractivity contribution in [1.82, 2.24) is 4.98 Å². The van der Waals surface area contributed by atoms with Gasteiger partial charge in [-0.1, -0.05) is 0 Å². The first-order valence-electron chi connectivity index (χ1n) is 5.24. The van der Waals surface area contributed by atoms with Gasteiger partial charge in [-0.25, -0.2) is 4.79 Å². The Labute approximate surface area is 98.6 Å². The summed E-state index contributed by atoms with van der Waals surface area (Å²) in [5.74, 6) is -0.394. The summed E-state index contributed by atoms with van der Waals surface area (Å²) in [5, 5.41) is 0. The van der Waals surface area contributed by atoms with Gasteiger partial charge in [-0.15, -0.1) is 0 Å². The van der Waals surface area contributed by atoms with Gasteiger partial charge in [0, 0.05) is 0 Å². The van der Waals surface area contributed by atoms with Crippen LogP contribution in [0.25, 0.3) is 11.1 Å². The number of hydrogen-bond donors (Lipinski definition) is 1. The third kappa shape index (κ3) is 2.55. The topological polar surface area (TPSA) is 78.3 Å². The summed E-state index contributed by atoms with van der Waals surface area (Å²) >= 11 is 0. The Balaban J connectivity index is 2.33. The summed E-state index contributed by atoms with van der Waals surface area (Å²) < 4.78 is 10.4. The smallest absolute Gasteiger partial charge is 0.338 e. The van der Waals surface area contributed by atoms with Crippen molar-refractivity contribution in [2.45, 2.75) is 26.4 Å². The molecule has 0 bridgehead atoms. The molecule has 0 saturated heterocycles. The monoisotopic (exact) mass is 234 g/mol. The van der Waals surface area contributed by atoms with Gasteiger partial charge in [0.2, 0.25) is 0 Å². The van der Waals surface area contributed by atoms with Crippen LogP contribution in [0.2, 0.25) is 0 Å². The second-order valence-corrected chi connectivity index (χ2v) is 4.74. The molecule has 0 fully saturated rings. The minimum absolute atomic E-state index is 0.0846. The summed E-state index contributed by atoms with van der Waals surface area (Å²) in [5.41, 5.74) is 6.42. The number of nitrogens with zero attached hydrogens (tertiary/aromatic N) is 1. The number of carbonyl (C=O) groups excluding carboxylic acids is 1. The van der Waals surface area contributed by atoms with Gasteiger partial charge < -0.3 is 14.9 Å². The fraction of sp³-hybridized carbons (Fsp3) is 0.333. The van der Waals surface area contributed by atoms with Crippen molar-refractivity contribution < 1.29 is 13.9 Å². The Kier molecular flexibility index (Phi) is 2.53. The molecule has 0 atom stereocenters. The van der Waals surface area contributed by atoms with Crippen molar-refractivity contribution in [1.29, 1.82) is 0 Å². The molecule has 1 heterocycles. The molecular formula is C12H14N2O3. The first-order chi connectivity index (χ1) is 7.85. The molecule has 1 aromatic heterocycles. The lowest BCUT2D eigenvalue weighted by Crippen LogP contribution is -2.23. The standard InChI is InChI=1S/C12H14N2O3/c1-12(2,3)17-10(15)7-4-5-8-9(6-7)16-11(13)14-8/h4-6H,1-3H3,(H2,13,14). The summed E-state index contributed by atoms with van der Waals surface area (Å²) in [4.78, 5) is 15.7. The molecule has 1 aromatic carbocycles. The Morgan fingerprint density at radius 3 is 2.76 bits per heavy atom. The van der Waals surface area contributed by atoms with E-state index in [4.69, 9.17) is 14.9 Å². The zero-order valence-corrected chi connectivity index (χ0v) is 9.98. The molecule has 17 heavy (non-hydrogen) atoms. The fourth-order valence-corrected chi connectivity index (χ4v) is 1.41. The number of ether oxygens (including phenoxy) is 1. The lowest BCUT2D eigenvalue weighted by Gasteiger charge is -2.19. The van der Waals surface area contributed by atoms with E-state index in [-0.39, 0.29) is 6.01 Å². The van der Waals surface area contributed by atoms with Crippen LogP contribution in [-0.2, 0) is 4.74 Å². The predicted octanol–water partition coefficient (Wildman–Crippen LogP) is 2.37. The van der Waals surface area contributed by atoms with E-state index in [0.717, 1.165) is 0 Å². The fourth-order valence-electron chi connectivity index (χ4n) is 1.41. The minimum Gasteiger partial charge on any atom is -0.456 e. The number of oxazole rings is 1. The zero-order chi connectivity index (χ0) is 12.6. The van der Waals surface area contributed by atoms with Crippen molar-refractivity contribution in [2.24, 2.45) is 0 Å². The van der Waals surface area contributed by atoms with E-state index < -0.39 is 11.6 Å². The molecule has 2 aromatic rings. The molecule has 0 aliphatic heterocycles. The second-order valence-electron chi connectivity index (χ2n) is 4.74. The summed E-state index contributed by atoms with van der Waals surface area (Å²) in [6.07, 6.45) is 0. The molecule has 0 radical (unpaired) electrons. The number of anilines is 1. The van der Waals surface area contributed by atoms with Gasteiger partial charge in [0.1, 0.15) is 11.1 Å². The van der Waals surface area contributed by atoms with Crippen molar-refractivity contribution >= 4 is 23.1 Å². The molecule has 0 unspecified atom stereocenters. The first-order valence-corrected chi connectivity index (χ1v) is 5.24. The third-order valence-corrected chi connectivity index (χ3v) is 2.04. The number of hydrogen-bond acceptors (Lipinski definition) is 5. The number of esters is 1. The number of rotatable bonds is 1. The highest BCUT2D eigenvalue weighted by Crippen LogP contribution is 2.20. The predicted molar refractivity (Wildman–Crippen MR) is 63.6 cm³/mol. The SMILES string of the molecule is CC(C)(C)OC(=O)c1ccc2nc(N)oc2c1. The normalized spacial score (nSPS) is 11.7. The van der Waals surface area contributed by atoms with E-state index in [9.17, 15) is 4.79 Å². The molecule has 5 nitrogen and oxygen atoms in total. The first kappa shape index (κ1) is 11.4. The molecule has 0 amide bonds. The van der Waals surface area contributed by atoms with Crippen LogP contribution in [0.4, 0.5) is 6.01 Å². The zero-order valence-electron chi connectivity index (χ0n) is 9.98. The maximum Gasteiger partial charge on any atom is 0.338 e. The maximum absolute atomic E-state index is 11.8. The van der Waals surface area contributed by atoms with Crippen LogP contribution in [0.15, 0.2) is 22.6 Å². The van der Waals surface area contributed by atoms with E-state index >= 15 is 0 Å². The lowest BCUT2D eigenvalue weighted by atomic mass is 10.1. The highest BCUT2D eigenvalue weighted by atomic mass is 16.6. The van der Waals surface area contributed by atoms with Gasteiger partial charge in [0.15, 0.2) is 5.58 Å². The van der Waals surface area contributed by atoms with Gasteiger partial charge in [0.25, 0.3) is 6.01 Å². The van der Waals surface area contributed by atoms with Crippen LogP contribution in [0.5, 0.6) is 0 Å². The summed E-state index contributed by atoms with van der Waals surface area (Å²) in [7, 11) is 0. The van der Waals surface area contributed by atoms with Crippen molar-refractivity contribution in [3.8, 4) is 0 Å². The van der Waals surface area contributed by atoms with Crippen molar-refractivity contribution in [3.63, 3.8) is 0 Å². The highest BCUT2D eigenvalue weighted by Gasteiger charge is 2.18. The van der Waals surface area contributed by atoms with Crippen LogP contribution in [0.3, 0.4) is 0 Å². The number of nitrogens with two attached hydrogens (primary N) is 1. The molecule has 90 valence electrons. The van der Waals surface area contributed by atoms with E-state index in [2.05, 4.69) is 4.98 Å². The Morgan fingerprint density at radius 2 is 2.12 bits per heavy atom. The number of fused-ring (bicyclic) bond motifs is 1. The average Bonchev–Trinajstić information content (AvgIpc) is 2.53. The van der Waals surface area contributed by atoms with Crippen LogP contribution in [0, 0.1) is 0 Å². The molecule has 0 saturated carbocycles. The minimum atomic E-state index is -0.521. The Hall–Kier alpha value is -2.04. The quantitative estimate of drug-likeness (QED) is 0.766. The van der Waals surface area contributed by atoms with Gasteiger partial charge >= 0.3 is 5.97 Å². The molecule has 0 aliphatic carbocycles. The average molecular weight is 234 g/mol. The van der Waals surface area contributed by atoms with Gasteiger partial charge in [-0.05, 0) is 39.0 Å². The molecule has 5 heteroatoms. The third-order valence-electron chi connectivity index (χ3n) is 2.04. The van der Waals surface area contributed by atoms with E-state index in [1.807, 2.05) is 20.8 Å². The summed E-state index contributed by atoms with van der Waals surface area (Å²) in [6.45, 7) is 5.45. The number of benzene rings is 1. The molecule has 2 N–H and O–H groups in total. The Bertz CT molecular complexity index is 567. The van der Waals surface area contributed by atoms with E-state index in [1.54, 1.807) is 18.2 Å². The lowest BCUT2D eigenvalue weighted by molar-refractivity contribution is 0.00696. The molecule has 0 spiro atoms. The summed E-state index contributed by atoms with van der Waals surface area (Å²) in [6, 6.07) is 4.97. The van der Waals surface area contributed by atoms with Crippen LogP contribution < -0.4 is 5.73 Å². The van der Waals surface area contributed by atoms with Crippen LogP contribution in [-0.4, -0.2) is 16.6 Å². The van der Waals surface area contributed by atoms with Gasteiger partial charge in [0.05, 0.1) is 5.56 Å². The maximum atomic E-state index is 11.8. The van der Waals surface area contributed by atoms with Gasteiger partial charge in [-0.3, -0.25) is 0 Å². The van der Waals surface area contributed by atoms with E-state index in [1.165, 1.54) is 0 Å². The van der Waals surface area contributed by atoms with Gasteiger partial charge in [-0.2, -0.15) is 4.98 Å². The molecule has 2 rings (SSSR count). The Morgan fingerprint density at radius 1 is 1.41 bits per heavy atom.